The molecule has 2 aromatic heterocycles. The number of halogens is 3. The molecule has 4 rings (SSSR count). The Morgan fingerprint density at radius 2 is 1.18 bits per heavy atom. The number of pyridine rings is 2. The number of benzene rings is 2. The van der Waals surface area contributed by atoms with Gasteiger partial charge in [0.25, 0.3) is 0 Å². The molecule has 0 fully saturated rings. The van der Waals surface area contributed by atoms with Gasteiger partial charge in [0.15, 0.2) is 0 Å². The minimum absolute atomic E-state index is 0.0656. The summed E-state index contributed by atoms with van der Waals surface area (Å²) in [6.45, 7) is -0.152. The van der Waals surface area contributed by atoms with Gasteiger partial charge in [0.05, 0.1) is 29.0 Å². The van der Waals surface area contributed by atoms with Crippen molar-refractivity contribution in [1.82, 2.24) is 9.97 Å². The number of carbonyl (C=O) groups excluding carboxylic acids is 2. The molecule has 0 spiro atoms. The molecular weight excluding hydrogens is 553 g/mol. The molecule has 0 saturated heterocycles. The zero-order chi connectivity index (χ0) is 28.1. The maximum absolute atomic E-state index is 10.5. The maximum Gasteiger partial charge on any atom is 0.488 e. The maximum atomic E-state index is 10.5. The molecule has 0 aliphatic heterocycles. The topological polar surface area (TPSA) is 141 Å². The number of rotatable bonds is 6. The Morgan fingerprint density at radius 1 is 0.711 bits per heavy atom. The summed E-state index contributed by atoms with van der Waals surface area (Å²) in [4.78, 5) is 28.6. The molecule has 12 heteroatoms. The van der Waals surface area contributed by atoms with E-state index in [1.807, 2.05) is 0 Å². The molecule has 2 heterocycles. The van der Waals surface area contributed by atoms with Gasteiger partial charge in [-0.2, -0.15) is 0 Å². The zero-order valence-electron chi connectivity index (χ0n) is 19.7. The van der Waals surface area contributed by atoms with E-state index in [1.54, 1.807) is 42.6 Å². The summed E-state index contributed by atoms with van der Waals surface area (Å²) >= 11 is 17.2. The molecule has 0 aliphatic rings. The second-order valence-electron chi connectivity index (χ2n) is 7.50. The van der Waals surface area contributed by atoms with Gasteiger partial charge in [-0.25, -0.2) is 4.98 Å². The van der Waals surface area contributed by atoms with Crippen LogP contribution in [0.25, 0.3) is 11.3 Å². The average molecular weight is 576 g/mol. The van der Waals surface area contributed by atoms with E-state index in [9.17, 15) is 9.59 Å². The molecule has 38 heavy (non-hydrogen) atoms. The second kappa shape index (κ2) is 16.0. The van der Waals surface area contributed by atoms with Crippen molar-refractivity contribution in [2.24, 2.45) is 0 Å². The average Bonchev–Trinajstić information content (AvgIpc) is 2.95. The number of aldehydes is 2. The highest BCUT2D eigenvalue weighted by Gasteiger charge is 2.09. The van der Waals surface area contributed by atoms with Crippen LogP contribution in [0.2, 0.25) is 15.2 Å². The highest BCUT2D eigenvalue weighted by atomic mass is 35.5. The monoisotopic (exact) mass is 574 g/mol. The van der Waals surface area contributed by atoms with E-state index in [2.05, 4.69) is 9.97 Å². The molecule has 4 aromatic rings. The van der Waals surface area contributed by atoms with Crippen LogP contribution in [0, 0.1) is 0 Å². The smallest absolute Gasteiger partial charge is 0.423 e. The summed E-state index contributed by atoms with van der Waals surface area (Å²) in [6.07, 6.45) is 4.55. The van der Waals surface area contributed by atoms with Crippen molar-refractivity contribution >= 4 is 60.0 Å². The van der Waals surface area contributed by atoms with Crippen LogP contribution in [0.3, 0.4) is 0 Å². The molecular formula is C26H22BCl3N2O6. The highest BCUT2D eigenvalue weighted by Crippen LogP contribution is 2.26. The Morgan fingerprint density at radius 3 is 1.61 bits per heavy atom. The number of hydrogen-bond acceptors (Lipinski definition) is 8. The fourth-order valence-electron chi connectivity index (χ4n) is 2.79. The van der Waals surface area contributed by atoms with Gasteiger partial charge in [-0.05, 0) is 28.7 Å². The van der Waals surface area contributed by atoms with Gasteiger partial charge in [-0.1, -0.05) is 83.3 Å². The van der Waals surface area contributed by atoms with Crippen molar-refractivity contribution in [1.29, 1.82) is 0 Å². The first-order valence-corrected chi connectivity index (χ1v) is 12.0. The molecule has 0 radical (unpaired) electrons. The summed E-state index contributed by atoms with van der Waals surface area (Å²) < 4.78 is 0. The SMILES string of the molecule is O=Cc1ccc(-c2ncc(CO)cc2Cl)cc1.O=Cc1ccc(B(O)O)cc1.OCc1cnc(Cl)c(Cl)c1. The number of nitrogens with zero attached hydrogens (tertiary/aromatic N) is 2. The predicted molar refractivity (Wildman–Crippen MR) is 148 cm³/mol. The molecule has 8 nitrogen and oxygen atoms in total. The minimum Gasteiger partial charge on any atom is -0.423 e. The van der Waals surface area contributed by atoms with Crippen molar-refractivity contribution in [2.45, 2.75) is 13.2 Å². The van der Waals surface area contributed by atoms with Gasteiger partial charge in [0.1, 0.15) is 17.7 Å². The summed E-state index contributed by atoms with van der Waals surface area (Å²) in [7, 11) is -1.46. The van der Waals surface area contributed by atoms with Crippen molar-refractivity contribution in [2.75, 3.05) is 0 Å². The number of aromatic nitrogens is 2. The van der Waals surface area contributed by atoms with E-state index in [4.69, 9.17) is 55.1 Å². The third-order valence-corrected chi connectivity index (χ3v) is 5.78. The van der Waals surface area contributed by atoms with Crippen molar-refractivity contribution < 1.29 is 29.9 Å². The first-order chi connectivity index (χ1) is 18.2. The van der Waals surface area contributed by atoms with E-state index < -0.39 is 7.12 Å². The lowest BCUT2D eigenvalue weighted by Gasteiger charge is -2.05. The molecule has 0 saturated carbocycles. The normalized spacial score (nSPS) is 9.87. The molecule has 0 unspecified atom stereocenters. The highest BCUT2D eigenvalue weighted by molar-refractivity contribution is 6.58. The summed E-state index contributed by atoms with van der Waals surface area (Å²) in [6, 6.07) is 16.3. The van der Waals surface area contributed by atoms with Crippen LogP contribution in [0.4, 0.5) is 0 Å². The number of hydrogen-bond donors (Lipinski definition) is 4. The Bertz CT molecular complexity index is 1340. The van der Waals surface area contributed by atoms with Crippen molar-refractivity contribution in [3.8, 4) is 11.3 Å². The summed E-state index contributed by atoms with van der Waals surface area (Å²) in [5.74, 6) is 0. The molecule has 196 valence electrons. The molecule has 0 amide bonds. The molecule has 0 bridgehead atoms. The van der Waals surface area contributed by atoms with Gasteiger partial charge < -0.3 is 20.3 Å². The first kappa shape index (κ1) is 31.1. The Labute approximate surface area is 234 Å². The van der Waals surface area contributed by atoms with Crippen LogP contribution in [0.15, 0.2) is 73.1 Å². The number of aliphatic hydroxyl groups excluding tert-OH is 2. The lowest BCUT2D eigenvalue weighted by molar-refractivity contribution is 0.111. The van der Waals surface area contributed by atoms with Gasteiger partial charge >= 0.3 is 7.12 Å². The van der Waals surface area contributed by atoms with Crippen LogP contribution in [-0.4, -0.2) is 49.9 Å². The van der Waals surface area contributed by atoms with Crippen LogP contribution >= 0.6 is 34.8 Å². The molecule has 0 atom stereocenters. The third-order valence-electron chi connectivity index (χ3n) is 4.81. The van der Waals surface area contributed by atoms with E-state index in [0.29, 0.717) is 49.7 Å². The minimum atomic E-state index is -1.46. The Balaban J connectivity index is 0.000000211. The Hall–Kier alpha value is -3.15. The lowest BCUT2D eigenvalue weighted by Crippen LogP contribution is -2.29. The standard InChI is InChI=1S/C13H10ClNO2.C7H7BO3.C6H5Cl2NO/c14-12-5-10(8-17)6-15-13(12)11-3-1-9(7-16)2-4-11;9-5-6-1-3-7(4-2-6)8(10)11;7-5-1-4(3-10)2-9-6(5)8/h1-7,17H,8H2;1-5,10-11H;1-2,10H,3H2. The van der Waals surface area contributed by atoms with Crippen LogP contribution in [-0.2, 0) is 13.2 Å². The fourth-order valence-corrected chi connectivity index (χ4v) is 3.38. The van der Waals surface area contributed by atoms with E-state index in [0.717, 1.165) is 11.8 Å². The van der Waals surface area contributed by atoms with Crippen LogP contribution < -0.4 is 5.46 Å². The van der Waals surface area contributed by atoms with E-state index in [1.165, 1.54) is 30.5 Å². The number of carbonyl (C=O) groups is 2. The van der Waals surface area contributed by atoms with E-state index >= 15 is 0 Å². The first-order valence-electron chi connectivity index (χ1n) is 10.8. The van der Waals surface area contributed by atoms with Crippen LogP contribution in [0.5, 0.6) is 0 Å². The molecule has 2 aromatic carbocycles. The summed E-state index contributed by atoms with van der Waals surface area (Å²) in [5.41, 5.74) is 4.32. The van der Waals surface area contributed by atoms with Gasteiger partial charge in [-0.15, -0.1) is 0 Å². The quantitative estimate of drug-likeness (QED) is 0.155. The largest absolute Gasteiger partial charge is 0.488 e. The number of aliphatic hydroxyl groups is 2. The van der Waals surface area contributed by atoms with E-state index in [-0.39, 0.29) is 18.4 Å². The van der Waals surface area contributed by atoms with Crippen LogP contribution in [0.1, 0.15) is 31.8 Å². The Kier molecular flexibility index (Phi) is 13.0. The van der Waals surface area contributed by atoms with Crippen molar-refractivity contribution in [3.63, 3.8) is 0 Å². The lowest BCUT2D eigenvalue weighted by atomic mass is 9.80. The van der Waals surface area contributed by atoms with Crippen molar-refractivity contribution in [3.05, 3.63) is 111 Å². The predicted octanol–water partition coefficient (Wildman–Crippen LogP) is 3.77. The summed E-state index contributed by atoms with van der Waals surface area (Å²) in [5, 5.41) is 36.0. The molecule has 4 N–H and O–H groups in total. The van der Waals surface area contributed by atoms with Gasteiger partial charge in [0.2, 0.25) is 0 Å². The molecule has 0 aliphatic carbocycles. The second-order valence-corrected chi connectivity index (χ2v) is 8.68. The third kappa shape index (κ3) is 9.62. The van der Waals surface area contributed by atoms with Gasteiger partial charge in [0, 0.05) is 29.1 Å². The van der Waals surface area contributed by atoms with Gasteiger partial charge in [-0.3, -0.25) is 14.6 Å². The zero-order valence-corrected chi connectivity index (χ0v) is 22.0. The fraction of sp³-hybridized carbons (Fsp3) is 0.0769.